The summed E-state index contributed by atoms with van der Waals surface area (Å²) in [6.07, 6.45) is 0.875. The van der Waals surface area contributed by atoms with Crippen LogP contribution in [0.2, 0.25) is 0 Å². The molecule has 29 heavy (non-hydrogen) atoms. The average Bonchev–Trinajstić information content (AvgIpc) is 3.14. The van der Waals surface area contributed by atoms with E-state index in [2.05, 4.69) is 24.7 Å². The molecule has 3 heterocycles. The monoisotopic (exact) mass is 419 g/mol. The third-order valence-corrected chi connectivity index (χ3v) is 5.65. The number of ether oxygens (including phenoxy) is 1. The van der Waals surface area contributed by atoms with Gasteiger partial charge >= 0.3 is 0 Å². The molecular weight excluding hydrogens is 404 g/mol. The number of hydrogen-bond acceptors (Lipinski definition) is 6. The van der Waals surface area contributed by atoms with Gasteiger partial charge in [0.15, 0.2) is 0 Å². The lowest BCUT2D eigenvalue weighted by Crippen LogP contribution is -2.15. The molecule has 0 unspecified atom stereocenters. The molecule has 0 bridgehead atoms. The number of fused-ring (bicyclic) bond motifs is 3. The van der Waals surface area contributed by atoms with Crippen LogP contribution in [0.3, 0.4) is 0 Å². The van der Waals surface area contributed by atoms with Crippen molar-refractivity contribution in [3.63, 3.8) is 0 Å². The molecule has 3 aromatic heterocycles. The lowest BCUT2D eigenvalue weighted by atomic mass is 10.1. The zero-order chi connectivity index (χ0) is 20.6. The minimum atomic E-state index is -4.08. The predicted molar refractivity (Wildman–Crippen MR) is 103 cm³/mol. The van der Waals surface area contributed by atoms with Crippen molar-refractivity contribution < 1.29 is 21.9 Å². The Morgan fingerprint density at radius 1 is 1.21 bits per heavy atom. The summed E-state index contributed by atoms with van der Waals surface area (Å²) in [4.78, 5) is 15.0. The average molecular weight is 419 g/mol. The van der Waals surface area contributed by atoms with Gasteiger partial charge in [0.05, 0.1) is 18.1 Å². The third kappa shape index (κ3) is 3.56. The molecule has 0 atom stereocenters. The lowest BCUT2D eigenvalue weighted by Gasteiger charge is -2.10. The highest BCUT2D eigenvalue weighted by Crippen LogP contribution is 2.29. The van der Waals surface area contributed by atoms with Crippen molar-refractivity contribution in [2.75, 3.05) is 11.8 Å². The number of methoxy groups -OCH3 is 1. The van der Waals surface area contributed by atoms with E-state index in [1.807, 2.05) is 12.1 Å². The number of rotatable bonds is 6. The first kappa shape index (κ1) is 19.0. The fourth-order valence-corrected chi connectivity index (χ4v) is 4.11. The normalized spacial score (nSPS) is 12.0. The van der Waals surface area contributed by atoms with E-state index >= 15 is 0 Å². The van der Waals surface area contributed by atoms with E-state index in [0.717, 1.165) is 11.6 Å². The quantitative estimate of drug-likeness (QED) is 0.497. The summed E-state index contributed by atoms with van der Waals surface area (Å²) in [5.74, 6) is -0.411. The summed E-state index contributed by atoms with van der Waals surface area (Å²) >= 11 is 0. The number of halogens is 2. The van der Waals surface area contributed by atoms with Crippen LogP contribution >= 0.6 is 0 Å². The molecule has 0 saturated heterocycles. The summed E-state index contributed by atoms with van der Waals surface area (Å²) < 4.78 is 58.2. The maximum absolute atomic E-state index is 12.9. The molecule has 0 fully saturated rings. The van der Waals surface area contributed by atoms with Gasteiger partial charge in [0.1, 0.15) is 4.90 Å². The van der Waals surface area contributed by atoms with E-state index in [1.54, 1.807) is 18.3 Å². The Kier molecular flexibility index (Phi) is 4.74. The summed E-state index contributed by atoms with van der Waals surface area (Å²) in [7, 11) is -2.83. The first-order valence-corrected chi connectivity index (χ1v) is 9.93. The van der Waals surface area contributed by atoms with Crippen molar-refractivity contribution in [1.82, 2.24) is 19.9 Å². The number of aromatic amines is 1. The van der Waals surface area contributed by atoms with Gasteiger partial charge in [-0.25, -0.2) is 26.9 Å². The molecule has 0 aliphatic heterocycles. The fraction of sp³-hybridized carbons (Fsp3) is 0.167. The molecule has 4 rings (SSSR count). The van der Waals surface area contributed by atoms with Crippen LogP contribution in [0.1, 0.15) is 5.56 Å². The summed E-state index contributed by atoms with van der Waals surface area (Å²) in [5, 5.41) is 1.31. The van der Waals surface area contributed by atoms with Gasteiger partial charge in [0, 0.05) is 41.3 Å². The number of nitrogens with zero attached hydrogens (tertiary/aromatic N) is 3. The van der Waals surface area contributed by atoms with E-state index in [4.69, 9.17) is 4.74 Å². The highest BCUT2D eigenvalue weighted by Gasteiger charge is 2.23. The van der Waals surface area contributed by atoms with E-state index in [1.165, 1.54) is 13.3 Å². The third-order valence-electron chi connectivity index (χ3n) is 4.29. The molecule has 0 spiro atoms. The van der Waals surface area contributed by atoms with Crippen molar-refractivity contribution in [3.05, 3.63) is 48.4 Å². The van der Waals surface area contributed by atoms with Crippen LogP contribution in [-0.4, -0.2) is 41.9 Å². The number of pyridine rings is 1. The predicted octanol–water partition coefficient (Wildman–Crippen LogP) is 3.12. The Bertz CT molecular complexity index is 1310. The fourth-order valence-electron chi connectivity index (χ4n) is 3.02. The van der Waals surface area contributed by atoms with Crippen LogP contribution in [-0.2, 0) is 16.4 Å². The van der Waals surface area contributed by atoms with Crippen molar-refractivity contribution in [2.24, 2.45) is 0 Å². The van der Waals surface area contributed by atoms with Gasteiger partial charge in [-0.2, -0.15) is 4.98 Å². The van der Waals surface area contributed by atoms with Crippen molar-refractivity contribution in [1.29, 1.82) is 0 Å². The van der Waals surface area contributed by atoms with E-state index in [9.17, 15) is 17.2 Å². The minimum Gasteiger partial charge on any atom is -0.481 e. The summed E-state index contributed by atoms with van der Waals surface area (Å²) in [6.45, 7) is 0. The molecule has 8 nitrogen and oxygen atoms in total. The lowest BCUT2D eigenvalue weighted by molar-refractivity contribution is 0.147. The second-order valence-electron chi connectivity index (χ2n) is 6.15. The largest absolute Gasteiger partial charge is 0.481 e. The number of H-pyrrole nitrogens is 1. The van der Waals surface area contributed by atoms with Crippen LogP contribution in [0.15, 0.2) is 47.8 Å². The van der Waals surface area contributed by atoms with Gasteiger partial charge < -0.3 is 9.72 Å². The Morgan fingerprint density at radius 3 is 2.79 bits per heavy atom. The second-order valence-corrected chi connectivity index (χ2v) is 7.80. The number of anilines is 1. The number of hydrogen-bond donors (Lipinski definition) is 2. The molecule has 0 radical (unpaired) electrons. The Labute approximate surface area is 164 Å². The number of aromatic nitrogens is 4. The Balaban J connectivity index is 1.72. The first-order chi connectivity index (χ1) is 13.9. The second kappa shape index (κ2) is 7.24. The SMILES string of the molecule is COc1nc(NS(=O)(=O)c2cnc3c2ccc2ccc[nH]c23)ncc1CC(F)F. The van der Waals surface area contributed by atoms with Gasteiger partial charge in [-0.05, 0) is 6.07 Å². The van der Waals surface area contributed by atoms with E-state index in [-0.39, 0.29) is 22.3 Å². The van der Waals surface area contributed by atoms with Crippen molar-refractivity contribution in [2.45, 2.75) is 17.7 Å². The molecule has 0 aliphatic rings. The van der Waals surface area contributed by atoms with Crippen molar-refractivity contribution >= 4 is 37.8 Å². The molecule has 11 heteroatoms. The molecule has 4 aromatic rings. The summed E-state index contributed by atoms with van der Waals surface area (Å²) in [5.41, 5.74) is 1.29. The van der Waals surface area contributed by atoms with Gasteiger partial charge in [0.25, 0.3) is 10.0 Å². The highest BCUT2D eigenvalue weighted by molar-refractivity contribution is 7.93. The zero-order valence-electron chi connectivity index (χ0n) is 15.1. The highest BCUT2D eigenvalue weighted by atomic mass is 32.2. The maximum atomic E-state index is 12.9. The number of nitrogens with one attached hydrogen (secondary N) is 2. The standard InChI is InChI=1S/C18H15F2N5O3S/c1-28-17-11(7-14(19)20)8-23-18(24-17)25-29(26,27)13-9-22-16-12(13)5-4-10-3-2-6-21-15(10)16/h2-6,8-9,14,21H,7H2,1H3,(H,23,24,25). The van der Waals surface area contributed by atoms with Crippen LogP contribution in [0.4, 0.5) is 14.7 Å². The van der Waals surface area contributed by atoms with Gasteiger partial charge in [-0.15, -0.1) is 0 Å². The summed E-state index contributed by atoms with van der Waals surface area (Å²) in [6, 6.07) is 7.17. The smallest absolute Gasteiger partial charge is 0.266 e. The molecule has 0 aliphatic carbocycles. The molecule has 150 valence electrons. The molecule has 2 N–H and O–H groups in total. The van der Waals surface area contributed by atoms with E-state index < -0.39 is 22.9 Å². The Hall–Kier alpha value is -3.34. The number of alkyl halides is 2. The van der Waals surface area contributed by atoms with Crippen LogP contribution in [0.25, 0.3) is 21.8 Å². The van der Waals surface area contributed by atoms with Gasteiger partial charge in [0.2, 0.25) is 18.3 Å². The molecular formula is C18H15F2N5O3S. The number of sulfonamides is 1. The van der Waals surface area contributed by atoms with Gasteiger partial charge in [-0.3, -0.25) is 4.98 Å². The van der Waals surface area contributed by atoms with Crippen LogP contribution in [0, 0.1) is 0 Å². The maximum Gasteiger partial charge on any atom is 0.266 e. The van der Waals surface area contributed by atoms with E-state index in [0.29, 0.717) is 16.4 Å². The molecule has 1 aromatic carbocycles. The van der Waals surface area contributed by atoms with Crippen molar-refractivity contribution in [3.8, 4) is 5.88 Å². The molecule has 0 saturated carbocycles. The topological polar surface area (TPSA) is 110 Å². The van der Waals surface area contributed by atoms with Crippen LogP contribution in [0.5, 0.6) is 5.88 Å². The molecule has 0 amide bonds. The minimum absolute atomic E-state index is 0.0501. The zero-order valence-corrected chi connectivity index (χ0v) is 15.9. The van der Waals surface area contributed by atoms with Crippen LogP contribution < -0.4 is 9.46 Å². The number of benzene rings is 1. The Morgan fingerprint density at radius 2 is 2.03 bits per heavy atom. The van der Waals surface area contributed by atoms with Gasteiger partial charge in [-0.1, -0.05) is 18.2 Å². The first-order valence-electron chi connectivity index (χ1n) is 8.45.